The molecule has 28 heavy (non-hydrogen) atoms. The van der Waals surface area contributed by atoms with Gasteiger partial charge >= 0.3 is 11.8 Å². The number of carbonyl (C=O) groups excluding carboxylic acids is 1. The molecule has 148 valence electrons. The van der Waals surface area contributed by atoms with Crippen LogP contribution in [0, 0.1) is 10.1 Å². The van der Waals surface area contributed by atoms with Crippen LogP contribution in [-0.2, 0) is 6.54 Å². The molecule has 3 heterocycles. The van der Waals surface area contributed by atoms with Gasteiger partial charge in [0.1, 0.15) is 11.8 Å². The van der Waals surface area contributed by atoms with Crippen molar-refractivity contribution in [3.8, 4) is 6.01 Å². The molecule has 0 bridgehead atoms. The Kier molecular flexibility index (Phi) is 4.82. The molecule has 10 heteroatoms. The lowest BCUT2D eigenvalue weighted by molar-refractivity contribution is -0.389. The number of piperazine rings is 1. The Labute approximate surface area is 166 Å². The van der Waals surface area contributed by atoms with Gasteiger partial charge < -0.3 is 20.2 Å². The number of hydrogen-bond donors (Lipinski definition) is 1. The summed E-state index contributed by atoms with van der Waals surface area (Å²) in [6.07, 6.45) is 1.39. The van der Waals surface area contributed by atoms with Gasteiger partial charge in [-0.25, -0.2) is 0 Å². The molecule has 0 aliphatic carbocycles. The lowest BCUT2D eigenvalue weighted by Crippen LogP contribution is -2.57. The normalized spacial score (nSPS) is 24.6. The Morgan fingerprint density at radius 1 is 1.46 bits per heavy atom. The molecule has 0 radical (unpaired) electrons. The number of nitrogens with zero attached hydrogens (tertiary/aromatic N) is 4. The van der Waals surface area contributed by atoms with E-state index < -0.39 is 10.5 Å². The van der Waals surface area contributed by atoms with Gasteiger partial charge in [0.25, 0.3) is 0 Å². The number of ether oxygens (including phenoxy) is 1. The third kappa shape index (κ3) is 3.73. The van der Waals surface area contributed by atoms with Crippen molar-refractivity contribution in [2.45, 2.75) is 25.1 Å². The first-order valence-electron chi connectivity index (χ1n) is 8.99. The van der Waals surface area contributed by atoms with E-state index in [0.29, 0.717) is 36.8 Å². The molecule has 0 amide bonds. The van der Waals surface area contributed by atoms with Gasteiger partial charge in [-0.2, -0.15) is 0 Å². The summed E-state index contributed by atoms with van der Waals surface area (Å²) in [6, 6.07) is 6.85. The van der Waals surface area contributed by atoms with Gasteiger partial charge in [0.2, 0.25) is 0 Å². The third-order valence-corrected chi connectivity index (χ3v) is 5.27. The summed E-state index contributed by atoms with van der Waals surface area (Å²) >= 11 is 5.90. The maximum atomic E-state index is 12.8. The number of aromatic nitrogens is 2. The number of rotatable bonds is 5. The number of halogens is 1. The van der Waals surface area contributed by atoms with Crippen LogP contribution in [0.25, 0.3) is 0 Å². The van der Waals surface area contributed by atoms with Gasteiger partial charge in [0.05, 0.1) is 12.6 Å². The first-order valence-corrected chi connectivity index (χ1v) is 9.37. The van der Waals surface area contributed by atoms with E-state index in [0.717, 1.165) is 6.54 Å². The molecule has 1 N–H and O–H groups in total. The number of Topliss-reactive ketones (excluding diaryl/α,β-unsaturated/α-hetero) is 1. The lowest BCUT2D eigenvalue weighted by atomic mass is 10.0. The Morgan fingerprint density at radius 3 is 2.89 bits per heavy atom. The highest BCUT2D eigenvalue weighted by Gasteiger charge is 2.42. The topological polar surface area (TPSA) is 103 Å². The number of ketones is 1. The molecule has 2 aromatic rings. The van der Waals surface area contributed by atoms with Crippen LogP contribution in [0.3, 0.4) is 0 Å². The van der Waals surface area contributed by atoms with Crippen LogP contribution < -0.4 is 10.1 Å². The van der Waals surface area contributed by atoms with Gasteiger partial charge in [0.15, 0.2) is 5.78 Å². The van der Waals surface area contributed by atoms with E-state index in [1.807, 2.05) is 6.92 Å². The van der Waals surface area contributed by atoms with Crippen molar-refractivity contribution in [1.29, 1.82) is 0 Å². The first-order chi connectivity index (χ1) is 13.3. The van der Waals surface area contributed by atoms with E-state index in [1.54, 1.807) is 28.8 Å². The molecular weight excluding hydrogens is 386 g/mol. The molecular formula is C18H20ClN5O4. The Morgan fingerprint density at radius 2 is 2.21 bits per heavy atom. The number of nitro groups is 1. The van der Waals surface area contributed by atoms with E-state index in [1.165, 1.54) is 6.20 Å². The zero-order chi connectivity index (χ0) is 19.9. The second kappa shape index (κ2) is 7.16. The standard InChI is InChI=1S/C18H20ClN5O4/c1-18(11-23-9-15(24(26)27)21-17(23)28-18)10-22-7-6-20-14(8-22)16(25)12-2-4-13(19)5-3-12/h2-5,9,14,20H,6-8,10-11H2,1H3. The van der Waals surface area contributed by atoms with Gasteiger partial charge in [-0.1, -0.05) is 11.6 Å². The summed E-state index contributed by atoms with van der Waals surface area (Å²) in [5.41, 5.74) is 0.0717. The van der Waals surface area contributed by atoms with Crippen LogP contribution in [0.1, 0.15) is 17.3 Å². The van der Waals surface area contributed by atoms with Gasteiger partial charge in [-0.3, -0.25) is 14.3 Å². The Hall–Kier alpha value is -2.49. The van der Waals surface area contributed by atoms with Crippen molar-refractivity contribution < 1.29 is 14.5 Å². The van der Waals surface area contributed by atoms with Crippen LogP contribution in [0.4, 0.5) is 5.82 Å². The number of carbonyl (C=O) groups is 1. The molecule has 2 aliphatic rings. The minimum absolute atomic E-state index is 0.0300. The highest BCUT2D eigenvalue weighted by molar-refractivity contribution is 6.30. The van der Waals surface area contributed by atoms with E-state index in [-0.39, 0.29) is 23.7 Å². The van der Waals surface area contributed by atoms with E-state index in [4.69, 9.17) is 16.3 Å². The highest BCUT2D eigenvalue weighted by atomic mass is 35.5. The molecule has 2 atom stereocenters. The Balaban J connectivity index is 1.40. The quantitative estimate of drug-likeness (QED) is 0.459. The van der Waals surface area contributed by atoms with Crippen LogP contribution in [0.2, 0.25) is 5.02 Å². The molecule has 1 saturated heterocycles. The fraction of sp³-hybridized carbons (Fsp3) is 0.444. The molecule has 1 aromatic carbocycles. The smallest absolute Gasteiger partial charge is 0.415 e. The maximum Gasteiger partial charge on any atom is 0.415 e. The number of hydrogen-bond acceptors (Lipinski definition) is 7. The minimum Gasteiger partial charge on any atom is -0.436 e. The van der Waals surface area contributed by atoms with Crippen molar-refractivity contribution in [2.75, 3.05) is 26.2 Å². The summed E-state index contributed by atoms with van der Waals surface area (Å²) < 4.78 is 7.57. The summed E-state index contributed by atoms with van der Waals surface area (Å²) in [5.74, 6) is -0.185. The van der Waals surface area contributed by atoms with Crippen LogP contribution in [0.5, 0.6) is 6.01 Å². The number of imidazole rings is 1. The SMILES string of the molecule is CC1(CN2CCNC(C(=O)c3ccc(Cl)cc3)C2)Cn2cc([N+](=O)[O-])nc2O1. The summed E-state index contributed by atoms with van der Waals surface area (Å²) in [5, 5.41) is 14.7. The van der Waals surface area contributed by atoms with Gasteiger partial charge in [-0.05, 0) is 36.1 Å². The Bertz CT molecular complexity index is 890. The molecule has 9 nitrogen and oxygen atoms in total. The highest BCUT2D eigenvalue weighted by Crippen LogP contribution is 2.31. The van der Waals surface area contributed by atoms with Crippen LogP contribution >= 0.6 is 11.6 Å². The van der Waals surface area contributed by atoms with E-state index in [9.17, 15) is 14.9 Å². The average molecular weight is 406 g/mol. The van der Waals surface area contributed by atoms with Crippen LogP contribution in [-0.4, -0.2) is 63.0 Å². The van der Waals surface area contributed by atoms with Crippen LogP contribution in [0.15, 0.2) is 30.5 Å². The lowest BCUT2D eigenvalue weighted by Gasteiger charge is -2.37. The van der Waals surface area contributed by atoms with Gasteiger partial charge in [0, 0.05) is 41.7 Å². The number of fused-ring (bicyclic) bond motifs is 1. The van der Waals surface area contributed by atoms with Crippen molar-refractivity contribution in [3.63, 3.8) is 0 Å². The monoisotopic (exact) mass is 405 g/mol. The van der Waals surface area contributed by atoms with Crippen molar-refractivity contribution in [3.05, 3.63) is 51.2 Å². The van der Waals surface area contributed by atoms with Gasteiger partial charge in [-0.15, -0.1) is 0 Å². The molecule has 2 aliphatic heterocycles. The summed E-state index contributed by atoms with van der Waals surface area (Å²) in [6.45, 7) is 5.05. The largest absolute Gasteiger partial charge is 0.436 e. The molecule has 4 rings (SSSR count). The third-order valence-electron chi connectivity index (χ3n) is 5.02. The zero-order valence-corrected chi connectivity index (χ0v) is 16.1. The van der Waals surface area contributed by atoms with E-state index in [2.05, 4.69) is 15.2 Å². The predicted octanol–water partition coefficient (Wildman–Crippen LogP) is 1.75. The molecule has 0 saturated carbocycles. The summed E-state index contributed by atoms with van der Waals surface area (Å²) in [7, 11) is 0. The van der Waals surface area contributed by atoms with Crippen molar-refractivity contribution >= 4 is 23.2 Å². The molecule has 0 spiro atoms. The number of benzene rings is 1. The van der Waals surface area contributed by atoms with Crippen molar-refractivity contribution in [2.24, 2.45) is 0 Å². The molecule has 1 aromatic heterocycles. The molecule has 1 fully saturated rings. The first kappa shape index (κ1) is 18.9. The summed E-state index contributed by atoms with van der Waals surface area (Å²) in [4.78, 5) is 29.2. The predicted molar refractivity (Wildman–Crippen MR) is 102 cm³/mol. The second-order valence-corrected chi connectivity index (χ2v) is 7.87. The fourth-order valence-electron chi connectivity index (χ4n) is 3.78. The van der Waals surface area contributed by atoms with Crippen molar-refractivity contribution in [1.82, 2.24) is 19.8 Å². The fourth-order valence-corrected chi connectivity index (χ4v) is 3.91. The average Bonchev–Trinajstić information content (AvgIpc) is 3.17. The zero-order valence-electron chi connectivity index (χ0n) is 15.3. The minimum atomic E-state index is -0.553. The number of nitrogens with one attached hydrogen (secondary N) is 1. The van der Waals surface area contributed by atoms with E-state index >= 15 is 0 Å². The maximum absolute atomic E-state index is 12.8. The second-order valence-electron chi connectivity index (χ2n) is 7.43. The molecule has 2 unspecified atom stereocenters.